The molecule has 1 aromatic carbocycles. The van der Waals surface area contributed by atoms with Crippen molar-refractivity contribution < 1.29 is 9.84 Å². The van der Waals surface area contributed by atoms with Gasteiger partial charge in [-0.3, -0.25) is 0 Å². The largest absolute Gasteiger partial charge is 0.424 e. The average Bonchev–Trinajstić information content (AvgIpc) is 3.01. The molecule has 3 rings (SSSR count). The van der Waals surface area contributed by atoms with E-state index in [1.807, 2.05) is 13.8 Å². The number of fused-ring (bicyclic) bond motifs is 1. The number of nitriles is 1. The molecular weight excluding hydrogens is 366 g/mol. The fourth-order valence-electron chi connectivity index (χ4n) is 2.83. The smallest absolute Gasteiger partial charge is 0.324 e. The molecule has 3 aromatic rings. The van der Waals surface area contributed by atoms with Crippen LogP contribution in [-0.4, -0.2) is 33.2 Å². The summed E-state index contributed by atoms with van der Waals surface area (Å²) < 4.78 is 5.79. The molecule has 0 fully saturated rings. The maximum atomic E-state index is 9.09. The second-order valence-corrected chi connectivity index (χ2v) is 6.41. The zero-order valence-corrected chi connectivity index (χ0v) is 15.8. The van der Waals surface area contributed by atoms with Crippen LogP contribution >= 0.6 is 11.6 Å². The molecule has 0 bridgehead atoms. The Hall–Kier alpha value is -2.66. The van der Waals surface area contributed by atoms with E-state index in [0.29, 0.717) is 34.2 Å². The number of ether oxygens (including phenoxy) is 1. The van der Waals surface area contributed by atoms with E-state index < -0.39 is 0 Å². The van der Waals surface area contributed by atoms with Crippen molar-refractivity contribution in [1.29, 1.82) is 5.26 Å². The van der Waals surface area contributed by atoms with Crippen molar-refractivity contribution in [3.63, 3.8) is 0 Å². The molecule has 2 heterocycles. The summed E-state index contributed by atoms with van der Waals surface area (Å²) in [5.74, 6) is 0.476. The highest BCUT2D eigenvalue weighted by atomic mass is 35.5. The number of halogens is 1. The molecule has 8 heteroatoms. The molecule has 3 N–H and O–H groups in total. The predicted octanol–water partition coefficient (Wildman–Crippen LogP) is 3.48. The first-order valence-corrected chi connectivity index (χ1v) is 9.05. The molecular formula is C19H20ClN5O2. The van der Waals surface area contributed by atoms with E-state index in [-0.39, 0.29) is 18.7 Å². The molecule has 0 saturated carbocycles. The summed E-state index contributed by atoms with van der Waals surface area (Å²) in [4.78, 5) is 12.2. The summed E-state index contributed by atoms with van der Waals surface area (Å²) in [5.41, 5.74) is 2.63. The highest BCUT2D eigenvalue weighted by Crippen LogP contribution is 2.33. The third-order valence-electron chi connectivity index (χ3n) is 4.17. The number of aryl methyl sites for hydroxylation is 1. The van der Waals surface area contributed by atoms with Crippen LogP contribution in [0.1, 0.15) is 36.8 Å². The summed E-state index contributed by atoms with van der Waals surface area (Å²) in [6.45, 7) is 4.38. The van der Waals surface area contributed by atoms with Crippen LogP contribution < -0.4 is 10.1 Å². The van der Waals surface area contributed by atoms with E-state index >= 15 is 0 Å². The summed E-state index contributed by atoms with van der Waals surface area (Å²) in [7, 11) is 0. The highest BCUT2D eigenvalue weighted by molar-refractivity contribution is 6.36. The number of H-pyrrole nitrogens is 1. The zero-order valence-electron chi connectivity index (χ0n) is 15.1. The third kappa shape index (κ3) is 4.03. The number of aromatic amines is 1. The Labute approximate surface area is 162 Å². The molecule has 0 aliphatic rings. The fourth-order valence-corrected chi connectivity index (χ4v) is 3.19. The second kappa shape index (κ2) is 8.35. The van der Waals surface area contributed by atoms with Gasteiger partial charge in [0.05, 0.1) is 34.3 Å². The Morgan fingerprint density at radius 3 is 2.93 bits per heavy atom. The van der Waals surface area contributed by atoms with E-state index in [1.54, 1.807) is 24.3 Å². The molecule has 1 unspecified atom stereocenters. The number of rotatable bonds is 7. The van der Waals surface area contributed by atoms with Crippen molar-refractivity contribution in [2.75, 3.05) is 13.2 Å². The van der Waals surface area contributed by atoms with Crippen molar-refractivity contribution in [1.82, 2.24) is 20.3 Å². The summed E-state index contributed by atoms with van der Waals surface area (Å²) in [6, 6.07) is 8.85. The first-order chi connectivity index (χ1) is 13.1. The van der Waals surface area contributed by atoms with Crippen molar-refractivity contribution >= 4 is 22.6 Å². The zero-order chi connectivity index (χ0) is 19.4. The van der Waals surface area contributed by atoms with Gasteiger partial charge in [0.25, 0.3) is 0 Å². The first kappa shape index (κ1) is 19.1. The molecule has 0 saturated heterocycles. The molecule has 0 aliphatic carbocycles. The number of nitrogens with zero attached hydrogens (tertiary/aromatic N) is 3. The minimum absolute atomic E-state index is 0.0178. The summed E-state index contributed by atoms with van der Waals surface area (Å²) in [6.07, 6.45) is 0.730. The standard InChI is InChI=1S/C19H20ClN5O2/c1-3-14-16(20)15-17(11(2)22-7-8-26)24-19(25-18(15)23-14)27-13-6-4-5-12(9-13)10-21/h4-6,9,11,22,26H,3,7-8H2,1-2H3,(H,23,24,25). The van der Waals surface area contributed by atoms with Crippen LogP contribution in [0.3, 0.4) is 0 Å². The van der Waals surface area contributed by atoms with Crippen molar-refractivity contribution in [2.24, 2.45) is 0 Å². The van der Waals surface area contributed by atoms with Crippen molar-refractivity contribution in [2.45, 2.75) is 26.3 Å². The second-order valence-electron chi connectivity index (χ2n) is 6.03. The van der Waals surface area contributed by atoms with Crippen LogP contribution in [0, 0.1) is 11.3 Å². The minimum atomic E-state index is -0.173. The monoisotopic (exact) mass is 385 g/mol. The summed E-state index contributed by atoms with van der Waals surface area (Å²) in [5, 5.41) is 22.7. The molecule has 7 nitrogen and oxygen atoms in total. The lowest BCUT2D eigenvalue weighted by Gasteiger charge is -2.15. The van der Waals surface area contributed by atoms with Gasteiger partial charge >= 0.3 is 6.01 Å². The van der Waals surface area contributed by atoms with E-state index in [4.69, 9.17) is 26.7 Å². The van der Waals surface area contributed by atoms with Crippen LogP contribution in [0.2, 0.25) is 5.02 Å². The first-order valence-electron chi connectivity index (χ1n) is 8.67. The maximum Gasteiger partial charge on any atom is 0.324 e. The average molecular weight is 386 g/mol. The van der Waals surface area contributed by atoms with Crippen LogP contribution in [0.15, 0.2) is 24.3 Å². The molecule has 0 amide bonds. The van der Waals surface area contributed by atoms with Gasteiger partial charge in [0, 0.05) is 18.3 Å². The van der Waals surface area contributed by atoms with Crippen molar-refractivity contribution in [3.05, 3.63) is 46.2 Å². The van der Waals surface area contributed by atoms with Crippen LogP contribution in [0.5, 0.6) is 11.8 Å². The van der Waals surface area contributed by atoms with Gasteiger partial charge in [-0.25, -0.2) is 0 Å². The molecule has 140 valence electrons. The van der Waals surface area contributed by atoms with Gasteiger partial charge in [-0.2, -0.15) is 15.2 Å². The Kier molecular flexibility index (Phi) is 5.91. The lowest BCUT2D eigenvalue weighted by atomic mass is 10.1. The molecule has 2 aromatic heterocycles. The Morgan fingerprint density at radius 2 is 2.22 bits per heavy atom. The number of benzene rings is 1. The topological polar surface area (TPSA) is 107 Å². The SMILES string of the molecule is CCc1[nH]c2nc(Oc3cccc(C#N)c3)nc(C(C)NCCO)c2c1Cl. The third-order valence-corrected chi connectivity index (χ3v) is 4.59. The fraction of sp³-hybridized carbons (Fsp3) is 0.316. The number of aliphatic hydroxyl groups excluding tert-OH is 1. The number of hydrogen-bond acceptors (Lipinski definition) is 6. The van der Waals surface area contributed by atoms with E-state index in [0.717, 1.165) is 17.5 Å². The quantitative estimate of drug-likeness (QED) is 0.574. The van der Waals surface area contributed by atoms with Gasteiger partial charge in [-0.15, -0.1) is 0 Å². The lowest BCUT2D eigenvalue weighted by molar-refractivity contribution is 0.286. The van der Waals surface area contributed by atoms with Gasteiger partial charge in [-0.05, 0) is 31.5 Å². The maximum absolute atomic E-state index is 9.09. The van der Waals surface area contributed by atoms with Gasteiger partial charge < -0.3 is 20.1 Å². The Morgan fingerprint density at radius 1 is 1.41 bits per heavy atom. The molecule has 0 radical (unpaired) electrons. The number of nitrogens with one attached hydrogen (secondary N) is 2. The Bertz CT molecular complexity index is 996. The van der Waals surface area contributed by atoms with Gasteiger partial charge in [0.1, 0.15) is 11.4 Å². The number of hydrogen-bond donors (Lipinski definition) is 3. The van der Waals surface area contributed by atoms with Gasteiger partial charge in [0.2, 0.25) is 0 Å². The van der Waals surface area contributed by atoms with Crippen LogP contribution in [0.25, 0.3) is 11.0 Å². The normalized spacial score (nSPS) is 12.1. The van der Waals surface area contributed by atoms with Crippen LogP contribution in [-0.2, 0) is 6.42 Å². The van der Waals surface area contributed by atoms with E-state index in [2.05, 4.69) is 26.3 Å². The highest BCUT2D eigenvalue weighted by Gasteiger charge is 2.21. The van der Waals surface area contributed by atoms with Crippen LogP contribution in [0.4, 0.5) is 0 Å². The van der Waals surface area contributed by atoms with Gasteiger partial charge in [-0.1, -0.05) is 24.6 Å². The Balaban J connectivity index is 2.07. The van der Waals surface area contributed by atoms with E-state index in [9.17, 15) is 0 Å². The van der Waals surface area contributed by atoms with E-state index in [1.165, 1.54) is 0 Å². The minimum Gasteiger partial charge on any atom is -0.424 e. The lowest BCUT2D eigenvalue weighted by Crippen LogP contribution is -2.23. The molecule has 0 aliphatic heterocycles. The molecule has 0 spiro atoms. The molecule has 27 heavy (non-hydrogen) atoms. The number of aromatic nitrogens is 3. The van der Waals surface area contributed by atoms with Gasteiger partial charge in [0.15, 0.2) is 0 Å². The number of aliphatic hydroxyl groups is 1. The van der Waals surface area contributed by atoms with Crippen molar-refractivity contribution in [3.8, 4) is 17.8 Å². The predicted molar refractivity (Wildman–Crippen MR) is 103 cm³/mol. The summed E-state index contributed by atoms with van der Waals surface area (Å²) >= 11 is 6.53. The molecule has 1 atom stereocenters.